The van der Waals surface area contributed by atoms with Crippen molar-refractivity contribution in [3.63, 3.8) is 0 Å². The number of carbonyl (C=O) groups is 1. The van der Waals surface area contributed by atoms with Gasteiger partial charge in [0.05, 0.1) is 42.6 Å². The standard InChI is InChI=1S/C23H23ClN2O6S/c1-14-5-7-15(8-6-14)23(27)25-18-11-16(9-10-20(18)30-2)33(28,29)26-19-13-21(31-3)17(24)12-22(19)32-4/h5-13,26H,1-4H3,(H,25,27). The van der Waals surface area contributed by atoms with Crippen molar-refractivity contribution in [1.82, 2.24) is 0 Å². The number of carbonyl (C=O) groups excluding carboxylic acids is 1. The number of ether oxygens (including phenoxy) is 3. The molecule has 1 amide bonds. The number of methoxy groups -OCH3 is 3. The van der Waals surface area contributed by atoms with E-state index in [1.807, 2.05) is 19.1 Å². The smallest absolute Gasteiger partial charge is 0.262 e. The van der Waals surface area contributed by atoms with Gasteiger partial charge in [0.15, 0.2) is 0 Å². The van der Waals surface area contributed by atoms with E-state index in [2.05, 4.69) is 10.0 Å². The van der Waals surface area contributed by atoms with Gasteiger partial charge < -0.3 is 19.5 Å². The number of benzene rings is 3. The molecule has 0 atom stereocenters. The Morgan fingerprint density at radius 2 is 1.45 bits per heavy atom. The van der Waals surface area contributed by atoms with Crippen LogP contribution in [0.25, 0.3) is 0 Å². The molecule has 0 bridgehead atoms. The van der Waals surface area contributed by atoms with E-state index in [4.69, 9.17) is 25.8 Å². The van der Waals surface area contributed by atoms with Crippen LogP contribution in [0.5, 0.6) is 17.2 Å². The monoisotopic (exact) mass is 490 g/mol. The summed E-state index contributed by atoms with van der Waals surface area (Å²) in [5.74, 6) is 0.391. The van der Waals surface area contributed by atoms with Crippen molar-refractivity contribution in [3.8, 4) is 17.2 Å². The number of anilines is 2. The third-order valence-electron chi connectivity index (χ3n) is 4.76. The quantitative estimate of drug-likeness (QED) is 0.473. The fourth-order valence-corrected chi connectivity index (χ4v) is 4.31. The second-order valence-corrected chi connectivity index (χ2v) is 9.06. The Bertz CT molecular complexity index is 1280. The number of aryl methyl sites for hydroxylation is 1. The summed E-state index contributed by atoms with van der Waals surface area (Å²) < 4.78 is 44.4. The van der Waals surface area contributed by atoms with E-state index in [9.17, 15) is 13.2 Å². The van der Waals surface area contributed by atoms with E-state index in [0.717, 1.165) is 5.56 Å². The third-order valence-corrected chi connectivity index (χ3v) is 6.42. The van der Waals surface area contributed by atoms with Crippen LogP contribution in [0.3, 0.4) is 0 Å². The van der Waals surface area contributed by atoms with E-state index in [1.165, 1.54) is 51.7 Å². The maximum absolute atomic E-state index is 13.1. The largest absolute Gasteiger partial charge is 0.495 e. The number of halogens is 1. The lowest BCUT2D eigenvalue weighted by Crippen LogP contribution is -2.16. The Labute approximate surface area is 197 Å². The number of hydrogen-bond donors (Lipinski definition) is 2. The molecule has 0 aliphatic heterocycles. The van der Waals surface area contributed by atoms with Crippen LogP contribution < -0.4 is 24.2 Å². The molecule has 0 unspecified atom stereocenters. The molecule has 2 N–H and O–H groups in total. The predicted octanol–water partition coefficient (Wildman–Crippen LogP) is 4.73. The highest BCUT2D eigenvalue weighted by atomic mass is 35.5. The van der Waals surface area contributed by atoms with Crippen molar-refractivity contribution >= 4 is 38.9 Å². The first-order valence-corrected chi connectivity index (χ1v) is 11.5. The second kappa shape index (κ2) is 10.0. The highest BCUT2D eigenvalue weighted by Crippen LogP contribution is 2.37. The van der Waals surface area contributed by atoms with Gasteiger partial charge in [0.2, 0.25) is 0 Å². The molecular weight excluding hydrogens is 468 g/mol. The molecule has 33 heavy (non-hydrogen) atoms. The molecule has 8 nitrogen and oxygen atoms in total. The predicted molar refractivity (Wildman–Crippen MR) is 127 cm³/mol. The first-order chi connectivity index (χ1) is 15.7. The van der Waals surface area contributed by atoms with Crippen molar-refractivity contribution in [2.45, 2.75) is 11.8 Å². The minimum absolute atomic E-state index is 0.0986. The van der Waals surface area contributed by atoms with E-state index >= 15 is 0 Å². The molecule has 0 aromatic heterocycles. The maximum Gasteiger partial charge on any atom is 0.262 e. The van der Waals surface area contributed by atoms with E-state index < -0.39 is 15.9 Å². The van der Waals surface area contributed by atoms with Gasteiger partial charge in [-0.2, -0.15) is 0 Å². The van der Waals surface area contributed by atoms with Crippen molar-refractivity contribution in [2.24, 2.45) is 0 Å². The number of amides is 1. The Morgan fingerprint density at radius 3 is 2.06 bits per heavy atom. The van der Waals surface area contributed by atoms with Crippen LogP contribution in [0, 0.1) is 6.92 Å². The molecule has 3 aromatic rings. The molecule has 0 saturated heterocycles. The summed E-state index contributed by atoms with van der Waals surface area (Å²) >= 11 is 6.09. The molecular formula is C23H23ClN2O6S. The molecule has 0 spiro atoms. The summed E-state index contributed by atoms with van der Waals surface area (Å²) in [5, 5.41) is 2.97. The summed E-state index contributed by atoms with van der Waals surface area (Å²) in [6, 6.07) is 14.0. The first-order valence-electron chi connectivity index (χ1n) is 9.69. The van der Waals surface area contributed by atoms with Gasteiger partial charge >= 0.3 is 0 Å². The third kappa shape index (κ3) is 5.50. The average molecular weight is 491 g/mol. The molecule has 0 aliphatic carbocycles. The lowest BCUT2D eigenvalue weighted by Gasteiger charge is -2.16. The molecule has 0 aliphatic rings. The zero-order chi connectivity index (χ0) is 24.2. The maximum atomic E-state index is 13.1. The fourth-order valence-electron chi connectivity index (χ4n) is 3.00. The van der Waals surface area contributed by atoms with Gasteiger partial charge in [0.1, 0.15) is 17.2 Å². The van der Waals surface area contributed by atoms with Gasteiger partial charge in [-0.15, -0.1) is 0 Å². The van der Waals surface area contributed by atoms with Crippen molar-refractivity contribution in [2.75, 3.05) is 31.4 Å². The van der Waals surface area contributed by atoms with Gasteiger partial charge in [-0.05, 0) is 37.3 Å². The number of sulfonamides is 1. The summed E-state index contributed by atoms with van der Waals surface area (Å²) in [6.07, 6.45) is 0. The Morgan fingerprint density at radius 1 is 0.818 bits per heavy atom. The molecule has 174 valence electrons. The van der Waals surface area contributed by atoms with Crippen molar-refractivity contribution in [3.05, 3.63) is 70.7 Å². The summed E-state index contributed by atoms with van der Waals surface area (Å²) in [5.41, 5.74) is 1.77. The normalized spacial score (nSPS) is 10.9. The summed E-state index contributed by atoms with van der Waals surface area (Å²) in [7, 11) is 0.158. The van der Waals surface area contributed by atoms with Gasteiger partial charge in [-0.1, -0.05) is 29.3 Å². The van der Waals surface area contributed by atoms with E-state index in [0.29, 0.717) is 11.3 Å². The fraction of sp³-hybridized carbons (Fsp3) is 0.174. The van der Waals surface area contributed by atoms with Crippen molar-refractivity contribution < 1.29 is 27.4 Å². The van der Waals surface area contributed by atoms with Crippen LogP contribution in [-0.2, 0) is 10.0 Å². The minimum atomic E-state index is -4.07. The number of hydrogen-bond acceptors (Lipinski definition) is 6. The Balaban J connectivity index is 1.94. The van der Waals surface area contributed by atoms with Crippen LogP contribution in [0.15, 0.2) is 59.5 Å². The SMILES string of the molecule is COc1cc(NS(=O)(=O)c2ccc(OC)c(NC(=O)c3ccc(C)cc3)c2)c(OC)cc1Cl. The van der Waals surface area contributed by atoms with Gasteiger partial charge in [0.25, 0.3) is 15.9 Å². The van der Waals surface area contributed by atoms with Crippen LogP contribution in [0.2, 0.25) is 5.02 Å². The van der Waals surface area contributed by atoms with Crippen LogP contribution in [0.4, 0.5) is 11.4 Å². The average Bonchev–Trinajstić information content (AvgIpc) is 2.80. The summed E-state index contributed by atoms with van der Waals surface area (Å²) in [6.45, 7) is 1.91. The Hall–Kier alpha value is -3.43. The minimum Gasteiger partial charge on any atom is -0.495 e. The molecule has 10 heteroatoms. The molecule has 0 heterocycles. The lowest BCUT2D eigenvalue weighted by atomic mass is 10.1. The van der Waals surface area contributed by atoms with Gasteiger partial charge in [-0.3, -0.25) is 9.52 Å². The highest BCUT2D eigenvalue weighted by molar-refractivity contribution is 7.92. The highest BCUT2D eigenvalue weighted by Gasteiger charge is 2.21. The topological polar surface area (TPSA) is 103 Å². The van der Waals surface area contributed by atoms with Crippen LogP contribution in [0.1, 0.15) is 15.9 Å². The number of rotatable bonds is 8. The number of nitrogens with one attached hydrogen (secondary N) is 2. The van der Waals surface area contributed by atoms with Crippen LogP contribution in [-0.4, -0.2) is 35.7 Å². The van der Waals surface area contributed by atoms with Crippen molar-refractivity contribution in [1.29, 1.82) is 0 Å². The zero-order valence-electron chi connectivity index (χ0n) is 18.4. The molecule has 0 saturated carbocycles. The van der Waals surface area contributed by atoms with Crippen LogP contribution >= 0.6 is 11.6 Å². The molecule has 3 rings (SSSR count). The molecule has 0 fully saturated rings. The van der Waals surface area contributed by atoms with Gasteiger partial charge in [-0.25, -0.2) is 8.42 Å². The second-order valence-electron chi connectivity index (χ2n) is 6.97. The Kier molecular flexibility index (Phi) is 7.35. The molecule has 3 aromatic carbocycles. The molecule has 0 radical (unpaired) electrons. The zero-order valence-corrected chi connectivity index (χ0v) is 20.0. The first kappa shape index (κ1) is 24.2. The van der Waals surface area contributed by atoms with Gasteiger partial charge in [0, 0.05) is 17.7 Å². The van der Waals surface area contributed by atoms with E-state index in [1.54, 1.807) is 12.1 Å². The summed E-state index contributed by atoms with van der Waals surface area (Å²) in [4.78, 5) is 12.6. The van der Waals surface area contributed by atoms with E-state index in [-0.39, 0.29) is 32.8 Å². The lowest BCUT2D eigenvalue weighted by molar-refractivity contribution is 0.102.